The number of hydrogen-bond donors (Lipinski definition) is 0. The summed E-state index contributed by atoms with van der Waals surface area (Å²) in [6.07, 6.45) is 9.81. The summed E-state index contributed by atoms with van der Waals surface area (Å²) in [5.74, 6) is 0.170. The van der Waals surface area contributed by atoms with Crippen molar-refractivity contribution >= 4 is 23.7 Å². The van der Waals surface area contributed by atoms with Gasteiger partial charge in [-0.3, -0.25) is 19.2 Å². The minimum Gasteiger partial charge on any atom is -0.458 e. The van der Waals surface area contributed by atoms with Gasteiger partial charge in [0.25, 0.3) is 0 Å². The van der Waals surface area contributed by atoms with E-state index in [9.17, 15) is 19.2 Å². The Balaban J connectivity index is 1.65. The van der Waals surface area contributed by atoms with Crippen molar-refractivity contribution in [2.45, 2.75) is 85.2 Å². The van der Waals surface area contributed by atoms with Crippen LogP contribution in [-0.4, -0.2) is 35.9 Å². The Morgan fingerprint density at radius 3 is 2.29 bits per heavy atom. The van der Waals surface area contributed by atoms with Crippen molar-refractivity contribution < 1.29 is 33.4 Å². The molecule has 0 unspecified atom stereocenters. The van der Waals surface area contributed by atoms with Gasteiger partial charge in [-0.25, -0.2) is 0 Å². The lowest BCUT2D eigenvalue weighted by Gasteiger charge is -2.58. The van der Waals surface area contributed by atoms with Crippen molar-refractivity contribution in [1.82, 2.24) is 0 Å². The van der Waals surface area contributed by atoms with Gasteiger partial charge in [-0.2, -0.15) is 0 Å². The van der Waals surface area contributed by atoms with E-state index in [1.165, 1.54) is 26.3 Å². The lowest BCUT2D eigenvalue weighted by atomic mass is 9.47. The minimum atomic E-state index is -1.26. The third-order valence-electron chi connectivity index (χ3n) is 9.30. The lowest BCUT2D eigenvalue weighted by molar-refractivity contribution is -0.190. The number of ether oxygens (including phenoxy) is 3. The fourth-order valence-corrected chi connectivity index (χ4v) is 7.77. The Hall–Kier alpha value is -2.44. The highest BCUT2D eigenvalue weighted by Gasteiger charge is 2.68. The third kappa shape index (κ3) is 3.81. The largest absolute Gasteiger partial charge is 0.458 e. The first-order chi connectivity index (χ1) is 15.9. The predicted octanol–water partition coefficient (Wildman–Crippen LogP) is 4.44. The molecule has 0 N–H and O–H groups in total. The number of ketones is 1. The highest BCUT2D eigenvalue weighted by Crippen LogP contribution is 2.67. The molecule has 4 aliphatic rings. The van der Waals surface area contributed by atoms with Crippen LogP contribution in [0.1, 0.15) is 79.6 Å². The van der Waals surface area contributed by atoms with Crippen LogP contribution >= 0.6 is 0 Å². The zero-order valence-corrected chi connectivity index (χ0v) is 20.9. The summed E-state index contributed by atoms with van der Waals surface area (Å²) in [5.41, 5.74) is -0.534. The number of carbonyl (C=O) groups excluding carboxylic acids is 4. The molecule has 4 rings (SSSR count). The molecule has 0 heterocycles. The standard InChI is InChI=1S/C27H36O7/c1-16(28)32-15-24(31)27(34-18(3)30)13-10-23-21-7-6-19-14-20(33-17(2)29)8-11-25(19,4)22(21)9-12-26(23,27)5/h6,14,21-23H,7-13,15H2,1-5H3/t21-,22+,23+,25-,26-,27-/m0/s1. The molecular formula is C27H36O7. The number of carbonyl (C=O) groups is 4. The number of fused-ring (bicyclic) bond motifs is 5. The van der Waals surface area contributed by atoms with E-state index in [-0.39, 0.29) is 29.7 Å². The maximum Gasteiger partial charge on any atom is 0.307 e. The van der Waals surface area contributed by atoms with E-state index >= 15 is 0 Å². The van der Waals surface area contributed by atoms with Gasteiger partial charge < -0.3 is 14.2 Å². The van der Waals surface area contributed by atoms with Gasteiger partial charge in [0.1, 0.15) is 5.76 Å². The van der Waals surface area contributed by atoms with Gasteiger partial charge in [0.05, 0.1) is 0 Å². The summed E-state index contributed by atoms with van der Waals surface area (Å²) in [6.45, 7) is 8.09. The first kappa shape index (κ1) is 24.7. The summed E-state index contributed by atoms with van der Waals surface area (Å²) >= 11 is 0. The van der Waals surface area contributed by atoms with Crippen LogP contribution in [0.15, 0.2) is 23.5 Å². The molecular weight excluding hydrogens is 436 g/mol. The van der Waals surface area contributed by atoms with Crippen molar-refractivity contribution in [3.63, 3.8) is 0 Å². The zero-order chi connectivity index (χ0) is 24.9. The Kier molecular flexibility index (Phi) is 6.28. The number of Topliss-reactive ketones (excluding diaryl/α,β-unsaturated/α-hetero) is 1. The van der Waals surface area contributed by atoms with Gasteiger partial charge in [0.15, 0.2) is 12.2 Å². The van der Waals surface area contributed by atoms with Crippen LogP contribution < -0.4 is 0 Å². The molecule has 0 aromatic heterocycles. The molecule has 2 fully saturated rings. The Morgan fingerprint density at radius 2 is 1.65 bits per heavy atom. The molecule has 0 saturated heterocycles. The summed E-state index contributed by atoms with van der Waals surface area (Å²) in [4.78, 5) is 48.4. The smallest absolute Gasteiger partial charge is 0.307 e. The average Bonchev–Trinajstić information content (AvgIpc) is 3.04. The zero-order valence-electron chi connectivity index (χ0n) is 20.9. The molecule has 0 spiro atoms. The third-order valence-corrected chi connectivity index (χ3v) is 9.30. The maximum absolute atomic E-state index is 13.4. The van der Waals surface area contributed by atoms with Crippen molar-refractivity contribution in [3.8, 4) is 0 Å². The van der Waals surface area contributed by atoms with Gasteiger partial charge in [-0.1, -0.05) is 19.9 Å². The molecule has 7 nitrogen and oxygen atoms in total. The van der Waals surface area contributed by atoms with Crippen molar-refractivity contribution in [3.05, 3.63) is 23.5 Å². The number of esters is 3. The molecule has 0 bridgehead atoms. The van der Waals surface area contributed by atoms with E-state index in [4.69, 9.17) is 14.2 Å². The van der Waals surface area contributed by atoms with Gasteiger partial charge in [0, 0.05) is 32.6 Å². The molecule has 2 saturated carbocycles. The SMILES string of the molecule is CC(=O)OCC(=O)[C@@]1(OC(C)=O)CC[C@@H]2[C@H]3CC=C4C=C(OC(C)=O)CC[C@]4(C)[C@@H]3CC[C@@]21C. The van der Waals surface area contributed by atoms with Crippen LogP contribution in [0.2, 0.25) is 0 Å². The summed E-state index contributed by atoms with van der Waals surface area (Å²) in [6, 6.07) is 0. The summed E-state index contributed by atoms with van der Waals surface area (Å²) < 4.78 is 16.3. The molecule has 6 atom stereocenters. The van der Waals surface area contributed by atoms with Crippen LogP contribution in [0.4, 0.5) is 0 Å². The minimum absolute atomic E-state index is 0.0116. The van der Waals surface area contributed by atoms with Gasteiger partial charge in [0.2, 0.25) is 5.78 Å². The topological polar surface area (TPSA) is 96.0 Å². The molecule has 0 aromatic rings. The molecule has 0 aromatic carbocycles. The first-order valence-corrected chi connectivity index (χ1v) is 12.4. The second-order valence-corrected chi connectivity index (χ2v) is 11.0. The van der Waals surface area contributed by atoms with Crippen LogP contribution in [-0.2, 0) is 33.4 Å². The van der Waals surface area contributed by atoms with E-state index in [1.807, 2.05) is 0 Å². The maximum atomic E-state index is 13.4. The average molecular weight is 473 g/mol. The van der Waals surface area contributed by atoms with E-state index in [0.717, 1.165) is 44.3 Å². The van der Waals surface area contributed by atoms with Crippen molar-refractivity contribution in [1.29, 1.82) is 0 Å². The lowest BCUT2D eigenvalue weighted by Crippen LogP contribution is -2.59. The quantitative estimate of drug-likeness (QED) is 0.431. The molecule has 0 amide bonds. The second kappa shape index (κ2) is 8.65. The van der Waals surface area contributed by atoms with E-state index in [2.05, 4.69) is 26.0 Å². The highest BCUT2D eigenvalue weighted by atomic mass is 16.6. The molecule has 4 aliphatic carbocycles. The van der Waals surface area contributed by atoms with Crippen LogP contribution in [0, 0.1) is 28.6 Å². The fourth-order valence-electron chi connectivity index (χ4n) is 7.77. The molecule has 7 heteroatoms. The summed E-state index contributed by atoms with van der Waals surface area (Å²) in [7, 11) is 0. The highest BCUT2D eigenvalue weighted by molar-refractivity contribution is 5.93. The predicted molar refractivity (Wildman–Crippen MR) is 123 cm³/mol. The monoisotopic (exact) mass is 472 g/mol. The Morgan fingerprint density at radius 1 is 0.941 bits per heavy atom. The van der Waals surface area contributed by atoms with Gasteiger partial charge >= 0.3 is 17.9 Å². The molecule has 186 valence electrons. The van der Waals surface area contributed by atoms with E-state index in [1.54, 1.807) is 0 Å². The van der Waals surface area contributed by atoms with E-state index < -0.39 is 23.0 Å². The molecule has 0 radical (unpaired) electrons. The van der Waals surface area contributed by atoms with Crippen molar-refractivity contribution in [2.75, 3.05) is 6.61 Å². The Labute approximate surface area is 201 Å². The van der Waals surface area contributed by atoms with Crippen LogP contribution in [0.3, 0.4) is 0 Å². The second-order valence-electron chi connectivity index (χ2n) is 11.0. The van der Waals surface area contributed by atoms with Crippen LogP contribution in [0.25, 0.3) is 0 Å². The fraction of sp³-hybridized carbons (Fsp3) is 0.704. The number of rotatable bonds is 5. The number of hydrogen-bond acceptors (Lipinski definition) is 7. The van der Waals surface area contributed by atoms with Crippen LogP contribution in [0.5, 0.6) is 0 Å². The first-order valence-electron chi connectivity index (χ1n) is 12.4. The van der Waals surface area contributed by atoms with Gasteiger partial charge in [-0.15, -0.1) is 0 Å². The normalized spacial score (nSPS) is 38.3. The number of allylic oxidation sites excluding steroid dienone is 4. The summed E-state index contributed by atoms with van der Waals surface area (Å²) in [5, 5.41) is 0. The molecule has 34 heavy (non-hydrogen) atoms. The van der Waals surface area contributed by atoms with Gasteiger partial charge in [-0.05, 0) is 73.3 Å². The van der Waals surface area contributed by atoms with Crippen molar-refractivity contribution in [2.24, 2.45) is 28.6 Å². The van der Waals surface area contributed by atoms with E-state index in [0.29, 0.717) is 18.3 Å². The molecule has 0 aliphatic heterocycles. The Bertz CT molecular complexity index is 977.